The number of benzene rings is 3. The third kappa shape index (κ3) is 4.58. The molecule has 0 radical (unpaired) electrons. The van der Waals surface area contributed by atoms with Gasteiger partial charge in [-0.1, -0.05) is 65.0 Å². The van der Waals surface area contributed by atoms with E-state index < -0.39 is 0 Å². The highest BCUT2D eigenvalue weighted by atomic mass is 127. The van der Waals surface area contributed by atoms with Crippen molar-refractivity contribution < 1.29 is 33.3 Å². The summed E-state index contributed by atoms with van der Waals surface area (Å²) in [5.74, 6) is 0.883. The second-order valence-corrected chi connectivity index (χ2v) is 9.72. The second-order valence-electron chi connectivity index (χ2n) is 7.16. The molecule has 0 unspecified atom stereocenters. The standard InChI is InChI=1S/C24H20ClN2OS2.HI/c1-26-19-12-17(25)8-10-21(19)29-23(26)14-24-27(2)20-13-18(9-11-22(20)30-24)28-15-16-6-4-3-5-7-16;/h3-14H,15H2,1-2H3;1H/q+1;/p-1. The lowest BCUT2D eigenvalue weighted by Gasteiger charge is -2.12. The number of fused-ring (bicyclic) bond motifs is 2. The lowest BCUT2D eigenvalue weighted by Crippen LogP contribution is -3.00. The van der Waals surface area contributed by atoms with E-state index >= 15 is 0 Å². The van der Waals surface area contributed by atoms with Crippen molar-refractivity contribution in [3.8, 4) is 5.75 Å². The predicted octanol–water partition coefficient (Wildman–Crippen LogP) is 3.50. The van der Waals surface area contributed by atoms with Gasteiger partial charge in [0.05, 0.1) is 22.9 Å². The van der Waals surface area contributed by atoms with E-state index in [0.717, 1.165) is 16.5 Å². The number of anilines is 1. The molecule has 7 heteroatoms. The minimum absolute atomic E-state index is 0. The Hall–Kier alpha value is -1.74. The fourth-order valence-corrected chi connectivity index (χ4v) is 5.85. The molecule has 3 nitrogen and oxygen atoms in total. The van der Waals surface area contributed by atoms with E-state index in [1.165, 1.54) is 30.7 Å². The van der Waals surface area contributed by atoms with Gasteiger partial charge in [0.25, 0.3) is 5.01 Å². The first-order valence-electron chi connectivity index (χ1n) is 9.60. The van der Waals surface area contributed by atoms with Crippen molar-refractivity contribution in [2.75, 3.05) is 11.9 Å². The highest BCUT2D eigenvalue weighted by Gasteiger charge is 2.25. The second kappa shape index (κ2) is 9.40. The first-order chi connectivity index (χ1) is 14.6. The molecule has 0 N–H and O–H groups in total. The third-order valence-electron chi connectivity index (χ3n) is 5.16. The lowest BCUT2D eigenvalue weighted by atomic mass is 10.2. The summed E-state index contributed by atoms with van der Waals surface area (Å²) in [6.07, 6.45) is 2.24. The fraction of sp³-hybridized carbons (Fsp3) is 0.125. The summed E-state index contributed by atoms with van der Waals surface area (Å²) in [5.41, 5.74) is 3.49. The molecule has 2 heterocycles. The fourth-order valence-electron chi connectivity index (χ4n) is 3.47. The summed E-state index contributed by atoms with van der Waals surface area (Å²) < 4.78 is 9.49. The molecule has 0 saturated heterocycles. The molecule has 0 amide bonds. The molecular formula is C24H20ClIN2OS2. The van der Waals surface area contributed by atoms with Crippen molar-refractivity contribution in [3.05, 3.63) is 87.4 Å². The van der Waals surface area contributed by atoms with Gasteiger partial charge in [-0.25, -0.2) is 0 Å². The van der Waals surface area contributed by atoms with Gasteiger partial charge in [-0.2, -0.15) is 4.57 Å². The van der Waals surface area contributed by atoms with Crippen molar-refractivity contribution in [1.82, 2.24) is 0 Å². The van der Waals surface area contributed by atoms with E-state index in [-0.39, 0.29) is 24.0 Å². The Kier molecular flexibility index (Phi) is 6.81. The van der Waals surface area contributed by atoms with Crippen molar-refractivity contribution in [3.63, 3.8) is 0 Å². The molecule has 4 aromatic rings. The van der Waals surface area contributed by atoms with Crippen LogP contribution in [0.3, 0.4) is 0 Å². The van der Waals surface area contributed by atoms with Crippen molar-refractivity contribution >= 4 is 56.7 Å². The number of thiazole rings is 1. The molecular weight excluding hydrogens is 559 g/mol. The number of rotatable bonds is 4. The first kappa shape index (κ1) is 22.5. The smallest absolute Gasteiger partial charge is 0.265 e. The molecule has 5 rings (SSSR count). The molecule has 0 spiro atoms. The molecule has 3 aromatic carbocycles. The van der Waals surface area contributed by atoms with Crippen LogP contribution >= 0.6 is 34.7 Å². The summed E-state index contributed by atoms with van der Waals surface area (Å²) in [6.45, 7) is 0.569. The van der Waals surface area contributed by atoms with Crippen LogP contribution in [0.5, 0.6) is 5.75 Å². The SMILES string of the molecule is CN1/C(=C/c2sc3ccc(OCc4ccccc4)cc3[n+]2C)Sc2ccc(Cl)cc21.[I-]. The van der Waals surface area contributed by atoms with Gasteiger partial charge in [0.2, 0.25) is 5.52 Å². The molecule has 1 aliphatic rings. The van der Waals surface area contributed by atoms with Crippen LogP contribution in [0.15, 0.2) is 76.7 Å². The number of aryl methyl sites for hydroxylation is 1. The van der Waals surface area contributed by atoms with Crippen LogP contribution in [0, 0.1) is 0 Å². The minimum atomic E-state index is 0. The number of nitrogens with zero attached hydrogens (tertiary/aromatic N) is 2. The lowest BCUT2D eigenvalue weighted by molar-refractivity contribution is -0.642. The predicted molar refractivity (Wildman–Crippen MR) is 127 cm³/mol. The Morgan fingerprint density at radius 1 is 1.06 bits per heavy atom. The molecule has 0 bridgehead atoms. The maximum atomic E-state index is 6.19. The Labute approximate surface area is 212 Å². The number of hydrogen-bond donors (Lipinski definition) is 0. The van der Waals surface area contributed by atoms with Crippen LogP contribution in [0.25, 0.3) is 16.3 Å². The zero-order chi connectivity index (χ0) is 20.7. The average molecular weight is 579 g/mol. The molecule has 0 fully saturated rings. The van der Waals surface area contributed by atoms with Gasteiger partial charge in [0, 0.05) is 17.0 Å². The summed E-state index contributed by atoms with van der Waals surface area (Å²) in [5, 5.41) is 3.14. The molecule has 0 aliphatic carbocycles. The van der Waals surface area contributed by atoms with Gasteiger partial charge in [0.1, 0.15) is 24.1 Å². The van der Waals surface area contributed by atoms with E-state index in [1.807, 2.05) is 36.4 Å². The van der Waals surface area contributed by atoms with Gasteiger partial charge in [-0.3, -0.25) is 0 Å². The number of halogens is 2. The Balaban J connectivity index is 0.00000231. The summed E-state index contributed by atoms with van der Waals surface area (Å²) in [4.78, 5) is 3.43. The molecule has 31 heavy (non-hydrogen) atoms. The van der Waals surface area contributed by atoms with E-state index in [1.54, 1.807) is 23.1 Å². The Bertz CT molecular complexity index is 1270. The average Bonchev–Trinajstić information content (AvgIpc) is 3.24. The number of aromatic nitrogens is 1. The zero-order valence-corrected chi connectivity index (χ0v) is 21.6. The largest absolute Gasteiger partial charge is 1.00 e. The molecule has 158 valence electrons. The first-order valence-corrected chi connectivity index (χ1v) is 11.6. The van der Waals surface area contributed by atoms with Crippen molar-refractivity contribution in [2.45, 2.75) is 11.5 Å². The van der Waals surface area contributed by atoms with Gasteiger partial charge in [-0.15, -0.1) is 0 Å². The van der Waals surface area contributed by atoms with Gasteiger partial charge in [0.15, 0.2) is 0 Å². The zero-order valence-electron chi connectivity index (χ0n) is 17.0. The molecule has 1 aliphatic heterocycles. The minimum Gasteiger partial charge on any atom is -1.00 e. The quantitative estimate of drug-likeness (QED) is 0.273. The number of ether oxygens (including phenoxy) is 1. The van der Waals surface area contributed by atoms with Crippen LogP contribution in [-0.2, 0) is 13.7 Å². The van der Waals surface area contributed by atoms with Gasteiger partial charge in [-0.05, 0) is 35.9 Å². The van der Waals surface area contributed by atoms with Gasteiger partial charge < -0.3 is 33.6 Å². The summed E-state index contributed by atoms with van der Waals surface area (Å²) >= 11 is 9.74. The van der Waals surface area contributed by atoms with Crippen molar-refractivity contribution in [1.29, 1.82) is 0 Å². The third-order valence-corrected chi connectivity index (χ3v) is 7.73. The Morgan fingerprint density at radius 2 is 1.87 bits per heavy atom. The van der Waals surface area contributed by atoms with Gasteiger partial charge >= 0.3 is 0 Å². The topological polar surface area (TPSA) is 16.4 Å². The normalized spacial score (nSPS) is 14.0. The maximum Gasteiger partial charge on any atom is 0.265 e. The summed E-state index contributed by atoms with van der Waals surface area (Å²) in [7, 11) is 4.19. The molecule has 1 aromatic heterocycles. The highest BCUT2D eigenvalue weighted by molar-refractivity contribution is 8.03. The Morgan fingerprint density at radius 3 is 2.68 bits per heavy atom. The highest BCUT2D eigenvalue weighted by Crippen LogP contribution is 2.46. The molecule has 0 saturated carbocycles. The maximum absolute atomic E-state index is 6.19. The van der Waals surface area contributed by atoms with E-state index in [4.69, 9.17) is 16.3 Å². The number of thioether (sulfide) groups is 1. The van der Waals surface area contributed by atoms with Crippen LogP contribution < -0.4 is 38.2 Å². The van der Waals surface area contributed by atoms with E-state index in [2.05, 4.69) is 60.0 Å². The van der Waals surface area contributed by atoms with Crippen molar-refractivity contribution in [2.24, 2.45) is 7.05 Å². The van der Waals surface area contributed by atoms with Crippen LogP contribution in [0.4, 0.5) is 5.69 Å². The monoisotopic (exact) mass is 578 g/mol. The van der Waals surface area contributed by atoms with Crippen LogP contribution in [0.2, 0.25) is 5.02 Å². The van der Waals surface area contributed by atoms with Crippen LogP contribution in [-0.4, -0.2) is 7.05 Å². The van der Waals surface area contributed by atoms with E-state index in [0.29, 0.717) is 6.61 Å². The molecule has 0 atom stereocenters. The number of hydrogen-bond acceptors (Lipinski definition) is 4. The van der Waals surface area contributed by atoms with E-state index in [9.17, 15) is 0 Å². The van der Waals surface area contributed by atoms with Crippen LogP contribution in [0.1, 0.15) is 10.6 Å². The summed E-state index contributed by atoms with van der Waals surface area (Å²) in [6, 6.07) is 22.6.